The third-order valence-corrected chi connectivity index (χ3v) is 4.83. The van der Waals surface area contributed by atoms with Crippen molar-refractivity contribution in [2.75, 3.05) is 10.6 Å². The lowest BCUT2D eigenvalue weighted by Crippen LogP contribution is -2.14. The Morgan fingerprint density at radius 1 is 0.931 bits per heavy atom. The van der Waals surface area contributed by atoms with Crippen LogP contribution >= 0.6 is 15.9 Å². The van der Waals surface area contributed by atoms with Crippen molar-refractivity contribution in [1.29, 1.82) is 0 Å². The third kappa shape index (κ3) is 4.75. The summed E-state index contributed by atoms with van der Waals surface area (Å²) in [6.45, 7) is 0. The number of hydrogen-bond acceptors (Lipinski definition) is 4. The molecule has 1 aromatic heterocycles. The first-order chi connectivity index (χ1) is 14.1. The van der Waals surface area contributed by atoms with Gasteiger partial charge in [0.05, 0.1) is 11.9 Å². The Morgan fingerprint density at radius 2 is 1.66 bits per heavy atom. The second kappa shape index (κ2) is 8.36. The maximum Gasteiger partial charge on any atom is 0.228 e. The normalized spacial score (nSPS) is 10.7. The summed E-state index contributed by atoms with van der Waals surface area (Å²) in [5.74, 6) is 0.154. The predicted octanol–water partition coefficient (Wildman–Crippen LogP) is 5.46. The fraction of sp³-hybridized carbons (Fsp3) is 0.0455. The Hall–Kier alpha value is -3.32. The smallest absolute Gasteiger partial charge is 0.228 e. The number of hydrogen-bond donors (Lipinski definition) is 2. The van der Waals surface area contributed by atoms with Crippen molar-refractivity contribution >= 4 is 49.9 Å². The standard InChI is InChI=1S/C22H16BrFN4O/c23-15-3-1-14(2-4-15)11-21(29)27-18-9-10-20-19(12-18)22(26-13-25-20)28-17-7-5-16(24)6-8-17/h1-10,12-13H,11H2,(H,27,29)(H,25,26,28). The summed E-state index contributed by atoms with van der Waals surface area (Å²) in [6.07, 6.45) is 1.73. The molecule has 5 nitrogen and oxygen atoms in total. The van der Waals surface area contributed by atoms with Gasteiger partial charge in [0, 0.05) is 21.2 Å². The number of anilines is 3. The van der Waals surface area contributed by atoms with Gasteiger partial charge in [-0.05, 0) is 60.2 Å². The highest BCUT2D eigenvalue weighted by molar-refractivity contribution is 9.10. The largest absolute Gasteiger partial charge is 0.340 e. The molecule has 0 bridgehead atoms. The number of nitrogens with zero attached hydrogens (tertiary/aromatic N) is 2. The summed E-state index contributed by atoms with van der Waals surface area (Å²) in [6, 6.07) is 19.1. The summed E-state index contributed by atoms with van der Waals surface area (Å²) in [7, 11) is 0. The van der Waals surface area contributed by atoms with Crippen molar-refractivity contribution in [2.24, 2.45) is 0 Å². The van der Waals surface area contributed by atoms with Gasteiger partial charge in [0.25, 0.3) is 0 Å². The SMILES string of the molecule is O=C(Cc1ccc(Br)cc1)Nc1ccc2ncnc(Nc3ccc(F)cc3)c2c1. The van der Waals surface area contributed by atoms with Crippen molar-refractivity contribution in [3.8, 4) is 0 Å². The Bertz CT molecular complexity index is 1160. The van der Waals surface area contributed by atoms with Gasteiger partial charge in [-0.15, -0.1) is 0 Å². The zero-order valence-electron chi connectivity index (χ0n) is 15.2. The Balaban J connectivity index is 1.55. The van der Waals surface area contributed by atoms with Crippen LogP contribution in [0.3, 0.4) is 0 Å². The molecule has 4 rings (SSSR count). The highest BCUT2D eigenvalue weighted by atomic mass is 79.9. The minimum absolute atomic E-state index is 0.114. The number of aromatic nitrogens is 2. The number of carbonyl (C=O) groups is 1. The number of fused-ring (bicyclic) bond motifs is 1. The lowest BCUT2D eigenvalue weighted by molar-refractivity contribution is -0.115. The molecule has 0 saturated carbocycles. The van der Waals surface area contributed by atoms with Gasteiger partial charge >= 0.3 is 0 Å². The average Bonchev–Trinajstić information content (AvgIpc) is 2.72. The third-order valence-electron chi connectivity index (χ3n) is 4.30. The maximum absolute atomic E-state index is 13.1. The molecule has 144 valence electrons. The van der Waals surface area contributed by atoms with Crippen LogP contribution in [0.4, 0.5) is 21.6 Å². The molecular weight excluding hydrogens is 435 g/mol. The molecule has 0 radical (unpaired) electrons. The predicted molar refractivity (Wildman–Crippen MR) is 116 cm³/mol. The van der Waals surface area contributed by atoms with E-state index in [1.54, 1.807) is 18.2 Å². The molecule has 0 aliphatic carbocycles. The van der Waals surface area contributed by atoms with E-state index in [-0.39, 0.29) is 18.1 Å². The number of rotatable bonds is 5. The zero-order chi connectivity index (χ0) is 20.2. The topological polar surface area (TPSA) is 66.9 Å². The summed E-state index contributed by atoms with van der Waals surface area (Å²) in [5.41, 5.74) is 3.01. The van der Waals surface area contributed by atoms with Gasteiger partial charge in [0.2, 0.25) is 5.91 Å². The molecule has 0 atom stereocenters. The first-order valence-electron chi connectivity index (χ1n) is 8.88. The average molecular weight is 451 g/mol. The summed E-state index contributed by atoms with van der Waals surface area (Å²) < 4.78 is 14.1. The van der Waals surface area contributed by atoms with Crippen LogP contribution < -0.4 is 10.6 Å². The Labute approximate surface area is 175 Å². The van der Waals surface area contributed by atoms with Gasteiger partial charge in [-0.1, -0.05) is 28.1 Å². The number of carbonyl (C=O) groups excluding carboxylic acids is 1. The number of nitrogens with one attached hydrogen (secondary N) is 2. The van der Waals surface area contributed by atoms with E-state index < -0.39 is 0 Å². The van der Waals surface area contributed by atoms with Crippen molar-refractivity contribution in [2.45, 2.75) is 6.42 Å². The van der Waals surface area contributed by atoms with Crippen molar-refractivity contribution in [3.63, 3.8) is 0 Å². The minimum Gasteiger partial charge on any atom is -0.340 e. The van der Waals surface area contributed by atoms with Crippen LogP contribution in [0.2, 0.25) is 0 Å². The van der Waals surface area contributed by atoms with Gasteiger partial charge < -0.3 is 10.6 Å². The number of benzene rings is 3. The van der Waals surface area contributed by atoms with E-state index in [9.17, 15) is 9.18 Å². The monoisotopic (exact) mass is 450 g/mol. The van der Waals surface area contributed by atoms with Crippen molar-refractivity contribution in [3.05, 3.63) is 88.9 Å². The van der Waals surface area contributed by atoms with Crippen LogP contribution in [0.5, 0.6) is 0 Å². The van der Waals surface area contributed by atoms with Gasteiger partial charge in [-0.2, -0.15) is 0 Å². The first kappa shape index (κ1) is 19.0. The quantitative estimate of drug-likeness (QED) is 0.423. The molecule has 0 fully saturated rings. The molecular formula is C22H16BrFN4O. The fourth-order valence-corrected chi connectivity index (χ4v) is 3.16. The zero-order valence-corrected chi connectivity index (χ0v) is 16.8. The van der Waals surface area contributed by atoms with Crippen LogP contribution in [-0.2, 0) is 11.2 Å². The summed E-state index contributed by atoms with van der Waals surface area (Å²) in [5, 5.41) is 6.83. The molecule has 4 aromatic rings. The van der Waals surface area contributed by atoms with Crippen LogP contribution in [0.1, 0.15) is 5.56 Å². The molecule has 0 aliphatic heterocycles. The van der Waals surface area contributed by atoms with Gasteiger partial charge in [0.1, 0.15) is 18.0 Å². The first-order valence-corrected chi connectivity index (χ1v) is 9.68. The molecule has 1 amide bonds. The van der Waals surface area contributed by atoms with E-state index in [1.165, 1.54) is 18.5 Å². The van der Waals surface area contributed by atoms with Crippen molar-refractivity contribution < 1.29 is 9.18 Å². The Morgan fingerprint density at radius 3 is 2.41 bits per heavy atom. The van der Waals surface area contributed by atoms with E-state index in [2.05, 4.69) is 36.5 Å². The Kier molecular flexibility index (Phi) is 5.48. The van der Waals surface area contributed by atoms with E-state index in [0.717, 1.165) is 20.9 Å². The lowest BCUT2D eigenvalue weighted by Gasteiger charge is -2.10. The van der Waals surface area contributed by atoms with E-state index in [0.29, 0.717) is 17.2 Å². The second-order valence-electron chi connectivity index (χ2n) is 6.44. The van der Waals surface area contributed by atoms with E-state index in [4.69, 9.17) is 0 Å². The van der Waals surface area contributed by atoms with Crippen LogP contribution in [-0.4, -0.2) is 15.9 Å². The van der Waals surface area contributed by atoms with E-state index >= 15 is 0 Å². The molecule has 0 aliphatic rings. The summed E-state index contributed by atoms with van der Waals surface area (Å²) in [4.78, 5) is 21.0. The fourth-order valence-electron chi connectivity index (χ4n) is 2.90. The molecule has 1 heterocycles. The lowest BCUT2D eigenvalue weighted by atomic mass is 10.1. The van der Waals surface area contributed by atoms with E-state index in [1.807, 2.05) is 36.4 Å². The summed E-state index contributed by atoms with van der Waals surface area (Å²) >= 11 is 3.39. The molecule has 2 N–H and O–H groups in total. The molecule has 0 spiro atoms. The van der Waals surface area contributed by atoms with Gasteiger partial charge in [0.15, 0.2) is 0 Å². The van der Waals surface area contributed by atoms with Crippen LogP contribution in [0.25, 0.3) is 10.9 Å². The molecule has 3 aromatic carbocycles. The van der Waals surface area contributed by atoms with Crippen molar-refractivity contribution in [1.82, 2.24) is 9.97 Å². The number of halogens is 2. The minimum atomic E-state index is -0.307. The highest BCUT2D eigenvalue weighted by Crippen LogP contribution is 2.26. The van der Waals surface area contributed by atoms with Crippen LogP contribution in [0.15, 0.2) is 77.5 Å². The second-order valence-corrected chi connectivity index (χ2v) is 7.35. The molecule has 0 unspecified atom stereocenters. The van der Waals surface area contributed by atoms with Gasteiger partial charge in [-0.3, -0.25) is 4.79 Å². The molecule has 29 heavy (non-hydrogen) atoms. The van der Waals surface area contributed by atoms with Gasteiger partial charge in [-0.25, -0.2) is 14.4 Å². The number of amides is 1. The molecule has 0 saturated heterocycles. The highest BCUT2D eigenvalue weighted by Gasteiger charge is 2.09. The maximum atomic E-state index is 13.1. The van der Waals surface area contributed by atoms with Crippen LogP contribution in [0, 0.1) is 5.82 Å². The molecule has 7 heteroatoms.